The standard InChI is InChI=1S/C17H23ClN2O/c1-12-4-7-15(16(18)9-12)17(21)20(10-13-5-6-13)11-14-3-2-8-19-14/h4,7,9,13-14,19H,2-3,5-6,8,10-11H2,1H3. The fraction of sp³-hybridized carbons (Fsp3) is 0.588. The van der Waals surface area contributed by atoms with Crippen LogP contribution in [-0.2, 0) is 0 Å². The van der Waals surface area contributed by atoms with Gasteiger partial charge in [0.1, 0.15) is 0 Å². The van der Waals surface area contributed by atoms with Crippen LogP contribution in [0.4, 0.5) is 0 Å². The molecule has 1 amide bonds. The Balaban J connectivity index is 1.75. The molecule has 1 aromatic rings. The van der Waals surface area contributed by atoms with Gasteiger partial charge >= 0.3 is 0 Å². The Morgan fingerprint density at radius 1 is 1.33 bits per heavy atom. The van der Waals surface area contributed by atoms with E-state index in [4.69, 9.17) is 11.6 Å². The van der Waals surface area contributed by atoms with Crippen molar-refractivity contribution in [2.75, 3.05) is 19.6 Å². The van der Waals surface area contributed by atoms with Crippen LogP contribution in [0.25, 0.3) is 0 Å². The number of nitrogens with zero attached hydrogens (tertiary/aromatic N) is 1. The first-order valence-electron chi connectivity index (χ1n) is 7.92. The number of hydrogen-bond donors (Lipinski definition) is 1. The first-order valence-corrected chi connectivity index (χ1v) is 8.30. The van der Waals surface area contributed by atoms with Crippen LogP contribution < -0.4 is 5.32 Å². The zero-order valence-corrected chi connectivity index (χ0v) is 13.3. The Morgan fingerprint density at radius 2 is 2.14 bits per heavy atom. The average molecular weight is 307 g/mol. The van der Waals surface area contributed by atoms with Gasteiger partial charge in [-0.25, -0.2) is 0 Å². The topological polar surface area (TPSA) is 32.3 Å². The lowest BCUT2D eigenvalue weighted by molar-refractivity contribution is 0.0733. The maximum atomic E-state index is 12.8. The molecule has 1 unspecified atom stereocenters. The molecule has 4 heteroatoms. The van der Waals surface area contributed by atoms with Gasteiger partial charge in [-0.15, -0.1) is 0 Å². The van der Waals surface area contributed by atoms with Crippen molar-refractivity contribution in [2.24, 2.45) is 5.92 Å². The highest BCUT2D eigenvalue weighted by Gasteiger charge is 2.30. The second kappa shape index (κ2) is 6.37. The summed E-state index contributed by atoms with van der Waals surface area (Å²) in [6.07, 6.45) is 4.88. The van der Waals surface area contributed by atoms with Crippen molar-refractivity contribution < 1.29 is 4.79 Å². The van der Waals surface area contributed by atoms with E-state index in [0.717, 1.165) is 31.6 Å². The van der Waals surface area contributed by atoms with E-state index in [9.17, 15) is 4.79 Å². The smallest absolute Gasteiger partial charge is 0.255 e. The Morgan fingerprint density at radius 3 is 2.76 bits per heavy atom. The molecule has 21 heavy (non-hydrogen) atoms. The number of carbonyl (C=O) groups is 1. The number of hydrogen-bond acceptors (Lipinski definition) is 2. The highest BCUT2D eigenvalue weighted by molar-refractivity contribution is 6.33. The van der Waals surface area contributed by atoms with Crippen molar-refractivity contribution in [1.29, 1.82) is 0 Å². The fourth-order valence-electron chi connectivity index (χ4n) is 2.99. The van der Waals surface area contributed by atoms with Crippen LogP contribution in [-0.4, -0.2) is 36.5 Å². The van der Waals surface area contributed by atoms with E-state index in [1.54, 1.807) is 0 Å². The molecule has 0 bridgehead atoms. The van der Waals surface area contributed by atoms with E-state index in [2.05, 4.69) is 5.32 Å². The molecule has 1 saturated heterocycles. The van der Waals surface area contributed by atoms with E-state index < -0.39 is 0 Å². The highest BCUT2D eigenvalue weighted by atomic mass is 35.5. The molecule has 3 nitrogen and oxygen atoms in total. The van der Waals surface area contributed by atoms with E-state index in [-0.39, 0.29) is 5.91 Å². The molecular formula is C17H23ClN2O. The van der Waals surface area contributed by atoms with Gasteiger partial charge in [0.2, 0.25) is 0 Å². The molecule has 1 N–H and O–H groups in total. The van der Waals surface area contributed by atoms with Crippen LogP contribution in [0.1, 0.15) is 41.6 Å². The number of nitrogens with one attached hydrogen (secondary N) is 1. The van der Waals surface area contributed by atoms with Gasteiger partial charge in [-0.1, -0.05) is 17.7 Å². The Bertz CT molecular complexity index is 522. The first kappa shape index (κ1) is 14.9. The third-order valence-electron chi connectivity index (χ3n) is 4.42. The van der Waals surface area contributed by atoms with Gasteiger partial charge in [0.25, 0.3) is 5.91 Å². The molecule has 114 valence electrons. The van der Waals surface area contributed by atoms with Crippen LogP contribution in [0, 0.1) is 12.8 Å². The van der Waals surface area contributed by atoms with Crippen molar-refractivity contribution in [2.45, 2.75) is 38.6 Å². The molecule has 1 aliphatic heterocycles. The summed E-state index contributed by atoms with van der Waals surface area (Å²) in [6, 6.07) is 6.14. The predicted molar refractivity (Wildman–Crippen MR) is 85.8 cm³/mol. The molecule has 1 aromatic carbocycles. The van der Waals surface area contributed by atoms with Crippen LogP contribution >= 0.6 is 11.6 Å². The van der Waals surface area contributed by atoms with Gasteiger partial charge in [0.05, 0.1) is 10.6 Å². The zero-order valence-electron chi connectivity index (χ0n) is 12.6. The summed E-state index contributed by atoms with van der Waals surface area (Å²) in [5.41, 5.74) is 1.73. The third kappa shape index (κ3) is 3.78. The summed E-state index contributed by atoms with van der Waals surface area (Å²) in [5, 5.41) is 4.05. The van der Waals surface area contributed by atoms with Crippen LogP contribution in [0.5, 0.6) is 0 Å². The molecule has 1 atom stereocenters. The molecular weight excluding hydrogens is 284 g/mol. The summed E-state index contributed by atoms with van der Waals surface area (Å²) >= 11 is 6.27. The van der Waals surface area contributed by atoms with Crippen molar-refractivity contribution in [1.82, 2.24) is 10.2 Å². The quantitative estimate of drug-likeness (QED) is 0.905. The zero-order chi connectivity index (χ0) is 14.8. The van der Waals surface area contributed by atoms with Gasteiger partial charge in [-0.05, 0) is 62.8 Å². The van der Waals surface area contributed by atoms with Crippen LogP contribution in [0.15, 0.2) is 18.2 Å². The van der Waals surface area contributed by atoms with Crippen molar-refractivity contribution in [3.8, 4) is 0 Å². The molecule has 1 heterocycles. The Labute approximate surface area is 131 Å². The maximum Gasteiger partial charge on any atom is 0.255 e. The van der Waals surface area contributed by atoms with E-state index in [0.29, 0.717) is 22.5 Å². The number of rotatable bonds is 5. The van der Waals surface area contributed by atoms with Gasteiger partial charge in [0.15, 0.2) is 0 Å². The largest absolute Gasteiger partial charge is 0.337 e. The number of halogens is 1. The van der Waals surface area contributed by atoms with Crippen molar-refractivity contribution in [3.05, 3.63) is 34.3 Å². The molecule has 2 fully saturated rings. The second-order valence-corrected chi connectivity index (χ2v) is 6.84. The van der Waals surface area contributed by atoms with Gasteiger partial charge in [-0.2, -0.15) is 0 Å². The lowest BCUT2D eigenvalue weighted by atomic mass is 10.1. The molecule has 2 aliphatic rings. The van der Waals surface area contributed by atoms with Gasteiger partial charge in [0, 0.05) is 19.1 Å². The monoisotopic (exact) mass is 306 g/mol. The highest BCUT2D eigenvalue weighted by Crippen LogP contribution is 2.31. The van der Waals surface area contributed by atoms with Gasteiger partial charge < -0.3 is 10.2 Å². The molecule has 1 saturated carbocycles. The fourth-order valence-corrected chi connectivity index (χ4v) is 3.31. The minimum absolute atomic E-state index is 0.0839. The number of carbonyl (C=O) groups excluding carboxylic acids is 1. The molecule has 3 rings (SSSR count). The molecule has 1 aliphatic carbocycles. The molecule has 0 radical (unpaired) electrons. The lowest BCUT2D eigenvalue weighted by Crippen LogP contribution is -2.42. The summed E-state index contributed by atoms with van der Waals surface area (Å²) in [5.74, 6) is 0.778. The molecule has 0 aromatic heterocycles. The Kier molecular flexibility index (Phi) is 4.51. The summed E-state index contributed by atoms with van der Waals surface area (Å²) in [6.45, 7) is 4.74. The maximum absolute atomic E-state index is 12.8. The van der Waals surface area contributed by atoms with Crippen molar-refractivity contribution >= 4 is 17.5 Å². The third-order valence-corrected chi connectivity index (χ3v) is 4.73. The lowest BCUT2D eigenvalue weighted by Gasteiger charge is -2.26. The number of amides is 1. The second-order valence-electron chi connectivity index (χ2n) is 6.43. The van der Waals surface area contributed by atoms with Crippen molar-refractivity contribution in [3.63, 3.8) is 0 Å². The van der Waals surface area contributed by atoms with Gasteiger partial charge in [-0.3, -0.25) is 4.79 Å². The number of benzene rings is 1. The van der Waals surface area contributed by atoms with E-state index in [1.807, 2.05) is 30.0 Å². The SMILES string of the molecule is Cc1ccc(C(=O)N(CC2CC2)CC2CCCN2)c(Cl)c1. The minimum Gasteiger partial charge on any atom is -0.337 e. The van der Waals surface area contributed by atoms with E-state index in [1.165, 1.54) is 19.3 Å². The predicted octanol–water partition coefficient (Wildman–Crippen LogP) is 3.25. The summed E-state index contributed by atoms with van der Waals surface area (Å²) < 4.78 is 0. The number of aryl methyl sites for hydroxylation is 1. The Hall–Kier alpha value is -1.06. The normalized spacial score (nSPS) is 21.5. The van der Waals surface area contributed by atoms with Crippen LogP contribution in [0.2, 0.25) is 5.02 Å². The first-order chi connectivity index (χ1) is 10.1. The van der Waals surface area contributed by atoms with E-state index >= 15 is 0 Å². The van der Waals surface area contributed by atoms with Crippen LogP contribution in [0.3, 0.4) is 0 Å². The minimum atomic E-state index is 0.0839. The summed E-state index contributed by atoms with van der Waals surface area (Å²) in [7, 11) is 0. The summed E-state index contributed by atoms with van der Waals surface area (Å²) in [4.78, 5) is 14.9. The average Bonchev–Trinajstić information content (AvgIpc) is 3.11. The molecule has 0 spiro atoms.